The lowest BCUT2D eigenvalue weighted by molar-refractivity contribution is -0.121. The molecule has 5 nitrogen and oxygen atoms in total. The van der Waals surface area contributed by atoms with Crippen LogP contribution in [0.4, 0.5) is 0 Å². The predicted molar refractivity (Wildman–Crippen MR) is 94.5 cm³/mol. The minimum Gasteiger partial charge on any atom is -0.378 e. The number of carbonyl (C=O) groups is 2. The van der Waals surface area contributed by atoms with E-state index in [4.69, 9.17) is 0 Å². The number of carbonyl (C=O) groups excluding carboxylic acids is 2. The van der Waals surface area contributed by atoms with Gasteiger partial charge in [0.05, 0.1) is 0 Å². The molecule has 0 atom stereocenters. The molecule has 0 aliphatic heterocycles. The van der Waals surface area contributed by atoms with Crippen molar-refractivity contribution >= 4 is 11.8 Å². The topological polar surface area (TPSA) is 78.4 Å². The van der Waals surface area contributed by atoms with Crippen LogP contribution in [0.1, 0.15) is 56.5 Å². The third-order valence-corrected chi connectivity index (χ3v) is 3.35. The number of aliphatic hydroxyl groups is 1. The molecule has 0 heterocycles. The van der Waals surface area contributed by atoms with E-state index in [1.54, 1.807) is 45.2 Å². The van der Waals surface area contributed by atoms with Gasteiger partial charge in [0.1, 0.15) is 5.60 Å². The van der Waals surface area contributed by atoms with E-state index < -0.39 is 11.1 Å². The molecule has 1 aromatic carbocycles. The van der Waals surface area contributed by atoms with Crippen LogP contribution in [0.25, 0.3) is 0 Å². The minimum absolute atomic E-state index is 0.0544. The Morgan fingerprint density at radius 1 is 1.21 bits per heavy atom. The molecule has 0 saturated heterocycles. The van der Waals surface area contributed by atoms with Gasteiger partial charge in [0.15, 0.2) is 0 Å². The molecule has 0 saturated carbocycles. The molecule has 3 N–H and O–H groups in total. The van der Waals surface area contributed by atoms with E-state index in [9.17, 15) is 14.7 Å². The molecule has 2 amide bonds. The molecule has 0 aliphatic rings. The Bertz CT molecular complexity index is 661. The highest BCUT2D eigenvalue weighted by Gasteiger charge is 2.22. The standard InChI is InChI=1S/C19H26N2O3/c1-18(2,11-10-16(22)20-5)21-17(23)15-8-6-7-14(13-15)9-12-19(3,4)24/h6-8,13,24H,10-11H2,1-5H3,(H,20,22)(H,21,23). The van der Waals surface area contributed by atoms with E-state index in [1.165, 1.54) is 0 Å². The number of amides is 2. The number of hydrogen-bond donors (Lipinski definition) is 3. The van der Waals surface area contributed by atoms with Gasteiger partial charge in [-0.2, -0.15) is 0 Å². The summed E-state index contributed by atoms with van der Waals surface area (Å²) >= 11 is 0. The van der Waals surface area contributed by atoms with E-state index in [2.05, 4.69) is 22.5 Å². The highest BCUT2D eigenvalue weighted by Crippen LogP contribution is 2.13. The Morgan fingerprint density at radius 2 is 1.88 bits per heavy atom. The second-order valence-corrected chi connectivity index (χ2v) is 6.90. The Kier molecular flexibility index (Phi) is 6.56. The lowest BCUT2D eigenvalue weighted by Gasteiger charge is -2.26. The van der Waals surface area contributed by atoms with Gasteiger partial charge in [-0.15, -0.1) is 0 Å². The molecule has 0 aliphatic carbocycles. The van der Waals surface area contributed by atoms with Crippen LogP contribution in [0.3, 0.4) is 0 Å². The number of benzene rings is 1. The highest BCUT2D eigenvalue weighted by molar-refractivity contribution is 5.95. The van der Waals surface area contributed by atoms with Gasteiger partial charge in [0, 0.05) is 30.1 Å². The van der Waals surface area contributed by atoms with Gasteiger partial charge >= 0.3 is 0 Å². The molecule has 130 valence electrons. The van der Waals surface area contributed by atoms with E-state index in [1.807, 2.05) is 13.8 Å². The summed E-state index contributed by atoms with van der Waals surface area (Å²) in [4.78, 5) is 23.8. The Labute approximate surface area is 143 Å². The first-order valence-corrected chi connectivity index (χ1v) is 7.91. The number of nitrogens with one attached hydrogen (secondary N) is 2. The van der Waals surface area contributed by atoms with Crippen molar-refractivity contribution in [2.45, 2.75) is 51.7 Å². The lowest BCUT2D eigenvalue weighted by atomic mass is 9.97. The monoisotopic (exact) mass is 330 g/mol. The van der Waals surface area contributed by atoms with Gasteiger partial charge in [0.25, 0.3) is 5.91 Å². The predicted octanol–water partition coefficient (Wildman–Crippen LogP) is 1.84. The van der Waals surface area contributed by atoms with Crippen molar-refractivity contribution in [3.05, 3.63) is 35.4 Å². The summed E-state index contributed by atoms with van der Waals surface area (Å²) in [6.45, 7) is 6.97. The maximum Gasteiger partial charge on any atom is 0.251 e. The average molecular weight is 330 g/mol. The van der Waals surface area contributed by atoms with E-state index in [0.717, 1.165) is 0 Å². The van der Waals surface area contributed by atoms with Gasteiger partial charge in [-0.1, -0.05) is 17.9 Å². The molecule has 0 unspecified atom stereocenters. The first kappa shape index (κ1) is 19.7. The average Bonchev–Trinajstić information content (AvgIpc) is 2.50. The van der Waals surface area contributed by atoms with Gasteiger partial charge in [-0.25, -0.2) is 0 Å². The second kappa shape index (κ2) is 7.98. The molecule has 1 rings (SSSR count). The van der Waals surface area contributed by atoms with Crippen LogP contribution >= 0.6 is 0 Å². The highest BCUT2D eigenvalue weighted by atomic mass is 16.3. The van der Waals surface area contributed by atoms with Gasteiger partial charge in [0.2, 0.25) is 5.91 Å². The maximum absolute atomic E-state index is 12.4. The van der Waals surface area contributed by atoms with Crippen molar-refractivity contribution in [3.63, 3.8) is 0 Å². The largest absolute Gasteiger partial charge is 0.378 e. The zero-order valence-corrected chi connectivity index (χ0v) is 15.0. The molecule has 0 spiro atoms. The van der Waals surface area contributed by atoms with Gasteiger partial charge < -0.3 is 15.7 Å². The van der Waals surface area contributed by atoms with Crippen LogP contribution in [-0.2, 0) is 4.79 Å². The van der Waals surface area contributed by atoms with Gasteiger partial charge in [-0.3, -0.25) is 9.59 Å². The van der Waals surface area contributed by atoms with Crippen LogP contribution in [0.2, 0.25) is 0 Å². The fourth-order valence-electron chi connectivity index (χ4n) is 1.96. The van der Waals surface area contributed by atoms with Crippen molar-refractivity contribution in [1.82, 2.24) is 10.6 Å². The number of hydrogen-bond acceptors (Lipinski definition) is 3. The molecule has 24 heavy (non-hydrogen) atoms. The normalized spacial score (nSPS) is 11.2. The smallest absolute Gasteiger partial charge is 0.251 e. The molecule has 1 aromatic rings. The first-order valence-electron chi connectivity index (χ1n) is 7.91. The third kappa shape index (κ3) is 7.30. The van der Waals surface area contributed by atoms with Crippen molar-refractivity contribution in [2.24, 2.45) is 0 Å². The zero-order valence-electron chi connectivity index (χ0n) is 15.0. The van der Waals surface area contributed by atoms with Crippen LogP contribution < -0.4 is 10.6 Å². The maximum atomic E-state index is 12.4. The van der Waals surface area contributed by atoms with Crippen molar-refractivity contribution in [1.29, 1.82) is 0 Å². The summed E-state index contributed by atoms with van der Waals surface area (Å²) in [6, 6.07) is 6.93. The van der Waals surface area contributed by atoms with Crippen LogP contribution in [0.5, 0.6) is 0 Å². The SMILES string of the molecule is CNC(=O)CCC(C)(C)NC(=O)c1cccc(C#CC(C)(C)O)c1. The molecule has 0 fully saturated rings. The quantitative estimate of drug-likeness (QED) is 0.721. The van der Waals surface area contributed by atoms with Crippen molar-refractivity contribution in [2.75, 3.05) is 7.05 Å². The molecule has 0 radical (unpaired) electrons. The summed E-state index contributed by atoms with van der Waals surface area (Å²) in [7, 11) is 1.59. The fourth-order valence-corrected chi connectivity index (χ4v) is 1.96. The fraction of sp³-hybridized carbons (Fsp3) is 0.474. The summed E-state index contributed by atoms with van der Waals surface area (Å²) in [5.41, 5.74) is -0.433. The second-order valence-electron chi connectivity index (χ2n) is 6.90. The van der Waals surface area contributed by atoms with Crippen LogP contribution in [-0.4, -0.2) is 35.1 Å². The minimum atomic E-state index is -1.08. The summed E-state index contributed by atoms with van der Waals surface area (Å²) in [5, 5.41) is 15.2. The Balaban J connectivity index is 2.80. The van der Waals surface area contributed by atoms with Crippen LogP contribution in [0, 0.1) is 11.8 Å². The van der Waals surface area contributed by atoms with E-state index in [-0.39, 0.29) is 11.8 Å². The summed E-state index contributed by atoms with van der Waals surface area (Å²) in [6.07, 6.45) is 0.886. The van der Waals surface area contributed by atoms with Crippen molar-refractivity contribution < 1.29 is 14.7 Å². The zero-order chi connectivity index (χ0) is 18.4. The van der Waals surface area contributed by atoms with Crippen molar-refractivity contribution in [3.8, 4) is 11.8 Å². The van der Waals surface area contributed by atoms with E-state index in [0.29, 0.717) is 24.0 Å². The molecule has 5 heteroatoms. The molecular formula is C19H26N2O3. The lowest BCUT2D eigenvalue weighted by Crippen LogP contribution is -2.44. The Morgan fingerprint density at radius 3 is 2.46 bits per heavy atom. The molecule has 0 aromatic heterocycles. The summed E-state index contributed by atoms with van der Waals surface area (Å²) in [5.74, 6) is 5.31. The number of rotatable bonds is 5. The molecule has 0 bridgehead atoms. The molecular weight excluding hydrogens is 304 g/mol. The van der Waals surface area contributed by atoms with Crippen LogP contribution in [0.15, 0.2) is 24.3 Å². The Hall–Kier alpha value is -2.32. The third-order valence-electron chi connectivity index (χ3n) is 3.35. The summed E-state index contributed by atoms with van der Waals surface area (Å²) < 4.78 is 0. The van der Waals surface area contributed by atoms with Gasteiger partial charge in [-0.05, 0) is 52.3 Å². The first-order chi connectivity index (χ1) is 11.0. The van der Waals surface area contributed by atoms with E-state index >= 15 is 0 Å².